The molecule has 102 valence electrons. The first-order valence-electron chi connectivity index (χ1n) is 7.15. The lowest BCUT2D eigenvalue weighted by atomic mass is 9.89. The summed E-state index contributed by atoms with van der Waals surface area (Å²) < 4.78 is 2.00. The molecule has 0 spiro atoms. The first-order valence-corrected chi connectivity index (χ1v) is 7.15. The zero-order valence-corrected chi connectivity index (χ0v) is 11.8. The van der Waals surface area contributed by atoms with Gasteiger partial charge in [0.15, 0.2) is 0 Å². The third-order valence-corrected chi connectivity index (χ3v) is 4.36. The average Bonchev–Trinajstić information content (AvgIpc) is 2.86. The summed E-state index contributed by atoms with van der Waals surface area (Å²) in [5.74, 6) is 0.701. The number of likely N-dealkylation sites (tertiary alicyclic amines) is 1. The molecule has 1 fully saturated rings. The van der Waals surface area contributed by atoms with Crippen molar-refractivity contribution in [3.63, 3.8) is 0 Å². The summed E-state index contributed by atoms with van der Waals surface area (Å²) in [5.41, 5.74) is 7.28. The van der Waals surface area contributed by atoms with Crippen LogP contribution in [0.5, 0.6) is 0 Å². The van der Waals surface area contributed by atoms with E-state index in [1.165, 1.54) is 18.4 Å². The number of nitrogens with zero attached hydrogens (tertiary/aromatic N) is 3. The van der Waals surface area contributed by atoms with Crippen molar-refractivity contribution in [2.24, 2.45) is 11.7 Å². The first kappa shape index (κ1) is 13.6. The molecule has 0 aromatic carbocycles. The van der Waals surface area contributed by atoms with E-state index in [0.29, 0.717) is 18.0 Å². The van der Waals surface area contributed by atoms with E-state index in [2.05, 4.69) is 37.0 Å². The molecule has 3 atom stereocenters. The van der Waals surface area contributed by atoms with Gasteiger partial charge < -0.3 is 5.73 Å². The van der Waals surface area contributed by atoms with Crippen molar-refractivity contribution in [3.05, 3.63) is 18.0 Å². The normalized spacial score (nSPS) is 27.3. The topological polar surface area (TPSA) is 47.1 Å². The minimum absolute atomic E-state index is 0.418. The van der Waals surface area contributed by atoms with Gasteiger partial charge in [-0.1, -0.05) is 6.92 Å². The largest absolute Gasteiger partial charge is 0.329 e. The Morgan fingerprint density at radius 3 is 2.94 bits per heavy atom. The molecule has 2 heterocycles. The van der Waals surface area contributed by atoms with E-state index in [9.17, 15) is 0 Å². The molecule has 1 saturated heterocycles. The Kier molecular flexibility index (Phi) is 4.40. The van der Waals surface area contributed by atoms with E-state index in [1.54, 1.807) is 0 Å². The second kappa shape index (κ2) is 5.85. The summed E-state index contributed by atoms with van der Waals surface area (Å²) in [5, 5.41) is 4.38. The molecule has 0 amide bonds. The fourth-order valence-corrected chi connectivity index (χ4v) is 3.09. The van der Waals surface area contributed by atoms with Gasteiger partial charge in [-0.3, -0.25) is 9.58 Å². The fourth-order valence-electron chi connectivity index (χ4n) is 3.09. The van der Waals surface area contributed by atoms with Gasteiger partial charge in [0, 0.05) is 36.9 Å². The lowest BCUT2D eigenvalue weighted by Gasteiger charge is -2.42. The number of piperidine rings is 1. The summed E-state index contributed by atoms with van der Waals surface area (Å²) in [6.07, 6.45) is 6.75. The van der Waals surface area contributed by atoms with Crippen LogP contribution >= 0.6 is 0 Å². The van der Waals surface area contributed by atoms with E-state index < -0.39 is 0 Å². The first-order chi connectivity index (χ1) is 8.67. The molecule has 1 aliphatic heterocycles. The van der Waals surface area contributed by atoms with Crippen LogP contribution in [0.3, 0.4) is 0 Å². The molecule has 4 nitrogen and oxygen atoms in total. The van der Waals surface area contributed by atoms with Gasteiger partial charge in [-0.15, -0.1) is 0 Å². The summed E-state index contributed by atoms with van der Waals surface area (Å²) in [4.78, 5) is 2.56. The lowest BCUT2D eigenvalue weighted by Crippen LogP contribution is -2.49. The third-order valence-electron chi connectivity index (χ3n) is 4.36. The monoisotopic (exact) mass is 250 g/mol. The van der Waals surface area contributed by atoms with Crippen molar-refractivity contribution in [1.82, 2.24) is 14.7 Å². The number of hydrogen-bond donors (Lipinski definition) is 1. The van der Waals surface area contributed by atoms with Crippen LogP contribution in [0.2, 0.25) is 0 Å². The van der Waals surface area contributed by atoms with Crippen molar-refractivity contribution in [3.8, 4) is 0 Å². The van der Waals surface area contributed by atoms with Crippen molar-refractivity contribution < 1.29 is 0 Å². The van der Waals surface area contributed by atoms with Crippen LogP contribution in [-0.2, 0) is 6.54 Å². The molecule has 1 aromatic rings. The Bertz CT molecular complexity index is 374. The number of rotatable bonds is 4. The highest BCUT2D eigenvalue weighted by molar-refractivity contribution is 5.10. The maximum absolute atomic E-state index is 5.97. The minimum atomic E-state index is 0.418. The second-order valence-electron chi connectivity index (χ2n) is 5.47. The molecule has 0 saturated carbocycles. The van der Waals surface area contributed by atoms with Crippen molar-refractivity contribution >= 4 is 0 Å². The standard InChI is InChI=1S/C14H26N4/c1-4-17-10-13(9-16-17)12(3)18-7-5-6-11(2)14(18)8-15/h9-12,14H,4-8,15H2,1-3H3. The molecule has 18 heavy (non-hydrogen) atoms. The van der Waals surface area contributed by atoms with Crippen LogP contribution in [0, 0.1) is 5.92 Å². The Labute approximate surface area is 110 Å². The Morgan fingerprint density at radius 2 is 2.33 bits per heavy atom. The highest BCUT2D eigenvalue weighted by Gasteiger charge is 2.31. The van der Waals surface area contributed by atoms with E-state index in [4.69, 9.17) is 5.73 Å². The van der Waals surface area contributed by atoms with Crippen molar-refractivity contribution in [2.45, 2.75) is 52.2 Å². The minimum Gasteiger partial charge on any atom is -0.329 e. The maximum Gasteiger partial charge on any atom is 0.0537 e. The Hall–Kier alpha value is -0.870. The molecule has 3 unspecified atom stereocenters. The fraction of sp³-hybridized carbons (Fsp3) is 0.786. The van der Waals surface area contributed by atoms with Gasteiger partial charge >= 0.3 is 0 Å². The lowest BCUT2D eigenvalue weighted by molar-refractivity contribution is 0.0689. The highest BCUT2D eigenvalue weighted by Crippen LogP contribution is 2.30. The van der Waals surface area contributed by atoms with E-state index in [0.717, 1.165) is 19.6 Å². The van der Waals surface area contributed by atoms with Crippen LogP contribution in [0.1, 0.15) is 45.2 Å². The molecule has 2 rings (SSSR count). The SMILES string of the molecule is CCn1cc(C(C)N2CCCC(C)C2CN)cn1. The van der Waals surface area contributed by atoms with Gasteiger partial charge in [-0.05, 0) is 39.2 Å². The number of aromatic nitrogens is 2. The van der Waals surface area contributed by atoms with Gasteiger partial charge in [-0.25, -0.2) is 0 Å². The zero-order valence-electron chi connectivity index (χ0n) is 11.8. The molecule has 2 N–H and O–H groups in total. The smallest absolute Gasteiger partial charge is 0.0537 e. The van der Waals surface area contributed by atoms with E-state index in [1.807, 2.05) is 10.9 Å². The van der Waals surface area contributed by atoms with Crippen molar-refractivity contribution in [2.75, 3.05) is 13.1 Å². The van der Waals surface area contributed by atoms with Gasteiger partial charge in [0.25, 0.3) is 0 Å². The Balaban J connectivity index is 2.13. The maximum atomic E-state index is 5.97. The molecule has 1 aliphatic rings. The zero-order chi connectivity index (χ0) is 13.1. The van der Waals surface area contributed by atoms with Gasteiger partial charge in [-0.2, -0.15) is 5.10 Å². The van der Waals surface area contributed by atoms with Gasteiger partial charge in [0.05, 0.1) is 6.20 Å². The average molecular weight is 250 g/mol. The molecule has 4 heteroatoms. The third kappa shape index (κ3) is 2.59. The van der Waals surface area contributed by atoms with Gasteiger partial charge in [0.1, 0.15) is 0 Å². The van der Waals surface area contributed by atoms with E-state index >= 15 is 0 Å². The summed E-state index contributed by atoms with van der Waals surface area (Å²) in [7, 11) is 0. The molecule has 0 radical (unpaired) electrons. The molecule has 0 aliphatic carbocycles. The van der Waals surface area contributed by atoms with Gasteiger partial charge in [0.2, 0.25) is 0 Å². The van der Waals surface area contributed by atoms with Crippen LogP contribution in [0.4, 0.5) is 0 Å². The predicted octanol–water partition coefficient (Wildman–Crippen LogP) is 2.02. The molecule has 0 bridgehead atoms. The van der Waals surface area contributed by atoms with Crippen LogP contribution < -0.4 is 5.73 Å². The van der Waals surface area contributed by atoms with E-state index in [-0.39, 0.29) is 0 Å². The molecular weight excluding hydrogens is 224 g/mol. The van der Waals surface area contributed by atoms with Crippen molar-refractivity contribution in [1.29, 1.82) is 0 Å². The second-order valence-corrected chi connectivity index (χ2v) is 5.47. The van der Waals surface area contributed by atoms with Crippen LogP contribution in [0.15, 0.2) is 12.4 Å². The molecule has 1 aromatic heterocycles. The summed E-state index contributed by atoms with van der Waals surface area (Å²) in [6.45, 7) is 9.57. The highest BCUT2D eigenvalue weighted by atomic mass is 15.3. The quantitative estimate of drug-likeness (QED) is 0.889. The summed E-state index contributed by atoms with van der Waals surface area (Å²) >= 11 is 0. The van der Waals surface area contributed by atoms with Crippen LogP contribution in [0.25, 0.3) is 0 Å². The summed E-state index contributed by atoms with van der Waals surface area (Å²) in [6, 6.07) is 0.931. The number of nitrogens with two attached hydrogens (primary N) is 1. The Morgan fingerprint density at radius 1 is 1.56 bits per heavy atom. The van der Waals surface area contributed by atoms with Crippen LogP contribution in [-0.4, -0.2) is 33.8 Å². The number of hydrogen-bond acceptors (Lipinski definition) is 3. The molecular formula is C14H26N4. The predicted molar refractivity (Wildman–Crippen MR) is 74.3 cm³/mol. The number of aryl methyl sites for hydroxylation is 1.